The van der Waals surface area contributed by atoms with Crippen LogP contribution in [-0.4, -0.2) is 48.9 Å². The molecule has 0 radical (unpaired) electrons. The average molecular weight is 432 g/mol. The summed E-state index contributed by atoms with van der Waals surface area (Å²) in [5.74, 6) is -1.67. The molecule has 1 amide bonds. The third kappa shape index (κ3) is 4.55. The quantitative estimate of drug-likeness (QED) is 0.587. The Morgan fingerprint density at radius 2 is 2.00 bits per heavy atom. The van der Waals surface area contributed by atoms with Crippen LogP contribution in [0.2, 0.25) is 0 Å². The maximum absolute atomic E-state index is 13.1. The normalized spacial score (nSPS) is 12.3. The minimum atomic E-state index is -1.22. The van der Waals surface area contributed by atoms with Crippen molar-refractivity contribution in [3.8, 4) is 5.75 Å². The van der Waals surface area contributed by atoms with Crippen LogP contribution in [0.15, 0.2) is 47.4 Å². The molecule has 2 heterocycles. The van der Waals surface area contributed by atoms with E-state index in [-0.39, 0.29) is 25.2 Å². The minimum absolute atomic E-state index is 0.0514. The zero-order valence-electron chi connectivity index (χ0n) is 16.5. The fraction of sp³-hybridized carbons (Fsp3) is 0.250. The summed E-state index contributed by atoms with van der Waals surface area (Å²) in [6.45, 7) is 0.486. The maximum atomic E-state index is 13.1. The number of halogens is 1. The third-order valence-electron chi connectivity index (χ3n) is 4.67. The number of carbonyl (C=O) groups is 1. The van der Waals surface area contributed by atoms with Crippen molar-refractivity contribution < 1.29 is 18.5 Å². The summed E-state index contributed by atoms with van der Waals surface area (Å²) in [5.41, 5.74) is 0.00804. The van der Waals surface area contributed by atoms with E-state index in [9.17, 15) is 23.3 Å². The molecule has 0 saturated heterocycles. The Bertz CT molecular complexity index is 1160. The Kier molecular flexibility index (Phi) is 6.58. The molecule has 3 aromatic rings. The summed E-state index contributed by atoms with van der Waals surface area (Å²) in [6, 6.07) is 8.78. The number of likely N-dealkylation sites (N-methyl/N-ethyl adjacent to an activating group) is 1. The zero-order chi connectivity index (χ0) is 21.8. The summed E-state index contributed by atoms with van der Waals surface area (Å²) in [7, 11) is 0.429. The molecular weight excluding hydrogens is 411 g/mol. The predicted molar refractivity (Wildman–Crippen MR) is 112 cm³/mol. The standard InChI is InChI=1S/C20H21FN4O4S/c1-24(30(2)29)10-11-25-15-4-3-9-22-17(15)18(26)16(20(25)28)19(27)23-12-13-5-7-14(21)8-6-13/h3-9,26H,10-12H2,1-2H3,(H,23,27). The van der Waals surface area contributed by atoms with Crippen LogP contribution in [0.4, 0.5) is 4.39 Å². The Labute approximate surface area is 174 Å². The first-order valence-corrected chi connectivity index (χ1v) is 10.6. The first-order valence-electron chi connectivity index (χ1n) is 9.07. The van der Waals surface area contributed by atoms with Crippen molar-refractivity contribution >= 4 is 27.9 Å². The minimum Gasteiger partial charge on any atom is -0.505 e. The summed E-state index contributed by atoms with van der Waals surface area (Å²) in [4.78, 5) is 29.9. The number of amides is 1. The van der Waals surface area contributed by atoms with Crippen LogP contribution in [-0.2, 0) is 24.1 Å². The molecule has 2 N–H and O–H groups in total. The highest BCUT2D eigenvalue weighted by molar-refractivity contribution is 7.81. The van der Waals surface area contributed by atoms with Gasteiger partial charge in [0.25, 0.3) is 11.5 Å². The number of rotatable bonds is 7. The lowest BCUT2D eigenvalue weighted by Crippen LogP contribution is -2.35. The van der Waals surface area contributed by atoms with Crippen LogP contribution in [0.5, 0.6) is 5.75 Å². The van der Waals surface area contributed by atoms with Crippen LogP contribution in [0.3, 0.4) is 0 Å². The molecule has 10 heteroatoms. The Hall–Kier alpha value is -3.11. The zero-order valence-corrected chi connectivity index (χ0v) is 17.3. The smallest absolute Gasteiger partial charge is 0.267 e. The fourth-order valence-corrected chi connectivity index (χ4v) is 3.27. The number of hydrogen-bond donors (Lipinski definition) is 2. The molecule has 8 nitrogen and oxygen atoms in total. The molecule has 0 bridgehead atoms. The van der Waals surface area contributed by atoms with Gasteiger partial charge in [-0.3, -0.25) is 14.6 Å². The number of fused-ring (bicyclic) bond motifs is 1. The van der Waals surface area contributed by atoms with Crippen molar-refractivity contribution in [3.05, 3.63) is 69.9 Å². The van der Waals surface area contributed by atoms with Gasteiger partial charge >= 0.3 is 0 Å². The SMILES string of the molecule is CN(CCn1c(=O)c(C(=O)NCc2ccc(F)cc2)c(O)c2ncccc21)S(C)=O. The van der Waals surface area contributed by atoms with Crippen molar-refractivity contribution in [1.29, 1.82) is 0 Å². The molecule has 0 aliphatic rings. The number of aromatic hydroxyl groups is 1. The number of carbonyl (C=O) groups excluding carboxylic acids is 1. The monoisotopic (exact) mass is 432 g/mol. The highest BCUT2D eigenvalue weighted by Gasteiger charge is 2.23. The Balaban J connectivity index is 1.97. The molecule has 1 aromatic carbocycles. The van der Waals surface area contributed by atoms with E-state index >= 15 is 0 Å². The molecule has 0 fully saturated rings. The first kappa shape index (κ1) is 21.6. The molecule has 1 unspecified atom stereocenters. The molecule has 1 atom stereocenters. The van der Waals surface area contributed by atoms with Crippen molar-refractivity contribution in [2.24, 2.45) is 0 Å². The summed E-state index contributed by atoms with van der Waals surface area (Å²) in [6.07, 6.45) is 2.97. The lowest BCUT2D eigenvalue weighted by molar-refractivity contribution is 0.0946. The molecule has 0 aliphatic carbocycles. The molecule has 0 aliphatic heterocycles. The van der Waals surface area contributed by atoms with E-state index in [4.69, 9.17) is 0 Å². The second-order valence-electron chi connectivity index (χ2n) is 6.64. The second-order valence-corrected chi connectivity index (χ2v) is 8.11. The van der Waals surface area contributed by atoms with E-state index in [2.05, 4.69) is 10.3 Å². The molecule has 158 valence electrons. The van der Waals surface area contributed by atoms with Gasteiger partial charge in [-0.2, -0.15) is 0 Å². The van der Waals surface area contributed by atoms with Gasteiger partial charge in [0.15, 0.2) is 5.75 Å². The summed E-state index contributed by atoms with van der Waals surface area (Å²) in [5, 5.41) is 13.1. The fourth-order valence-electron chi connectivity index (χ4n) is 2.93. The maximum Gasteiger partial charge on any atom is 0.267 e. The number of hydrogen-bond acceptors (Lipinski definition) is 5. The van der Waals surface area contributed by atoms with Gasteiger partial charge in [0.05, 0.1) is 16.5 Å². The van der Waals surface area contributed by atoms with Gasteiger partial charge in [-0.25, -0.2) is 12.9 Å². The topological polar surface area (TPSA) is 105 Å². The number of nitrogens with one attached hydrogen (secondary N) is 1. The summed E-state index contributed by atoms with van der Waals surface area (Å²) >= 11 is 0. The molecule has 0 saturated carbocycles. The van der Waals surface area contributed by atoms with Crippen LogP contribution in [0, 0.1) is 5.82 Å². The molecule has 2 aromatic heterocycles. The van der Waals surface area contributed by atoms with Crippen LogP contribution in [0.25, 0.3) is 11.0 Å². The van der Waals surface area contributed by atoms with Crippen LogP contribution >= 0.6 is 0 Å². The van der Waals surface area contributed by atoms with E-state index < -0.39 is 39.6 Å². The van der Waals surface area contributed by atoms with Crippen molar-refractivity contribution in [2.45, 2.75) is 13.1 Å². The van der Waals surface area contributed by atoms with Crippen LogP contribution in [0.1, 0.15) is 15.9 Å². The van der Waals surface area contributed by atoms with Crippen LogP contribution < -0.4 is 10.9 Å². The first-order chi connectivity index (χ1) is 14.3. The largest absolute Gasteiger partial charge is 0.505 e. The van der Waals surface area contributed by atoms with Gasteiger partial charge in [-0.05, 0) is 36.9 Å². The van der Waals surface area contributed by atoms with Crippen molar-refractivity contribution in [1.82, 2.24) is 19.2 Å². The second kappa shape index (κ2) is 9.14. The predicted octanol–water partition coefficient (Wildman–Crippen LogP) is 1.40. The van der Waals surface area contributed by atoms with Crippen molar-refractivity contribution in [2.75, 3.05) is 19.8 Å². The van der Waals surface area contributed by atoms with E-state index in [0.717, 1.165) is 0 Å². The third-order valence-corrected chi connectivity index (χ3v) is 5.73. The molecule has 3 rings (SSSR count). The van der Waals surface area contributed by atoms with Gasteiger partial charge in [-0.1, -0.05) is 12.1 Å². The van der Waals surface area contributed by atoms with E-state index in [0.29, 0.717) is 11.1 Å². The highest BCUT2D eigenvalue weighted by atomic mass is 32.2. The van der Waals surface area contributed by atoms with E-state index in [1.54, 1.807) is 23.5 Å². The van der Waals surface area contributed by atoms with Gasteiger partial charge in [0.2, 0.25) is 0 Å². The number of benzene rings is 1. The molecule has 30 heavy (non-hydrogen) atoms. The Morgan fingerprint density at radius 3 is 2.67 bits per heavy atom. The van der Waals surface area contributed by atoms with Crippen molar-refractivity contribution in [3.63, 3.8) is 0 Å². The highest BCUT2D eigenvalue weighted by Crippen LogP contribution is 2.24. The van der Waals surface area contributed by atoms with E-state index in [1.807, 2.05) is 0 Å². The molecular formula is C20H21FN4O4S. The van der Waals surface area contributed by atoms with Gasteiger partial charge in [0.1, 0.15) is 16.9 Å². The van der Waals surface area contributed by atoms with Gasteiger partial charge in [-0.15, -0.1) is 0 Å². The average Bonchev–Trinajstić information content (AvgIpc) is 2.73. The molecule has 0 spiro atoms. The van der Waals surface area contributed by atoms with Gasteiger partial charge in [0, 0.05) is 32.1 Å². The van der Waals surface area contributed by atoms with Gasteiger partial charge < -0.3 is 15.0 Å². The summed E-state index contributed by atoms with van der Waals surface area (Å²) < 4.78 is 27.5. The van der Waals surface area contributed by atoms with E-state index in [1.165, 1.54) is 41.3 Å². The number of nitrogens with zero attached hydrogens (tertiary/aromatic N) is 3. The lowest BCUT2D eigenvalue weighted by Gasteiger charge is -2.17. The lowest BCUT2D eigenvalue weighted by atomic mass is 10.1. The number of aromatic nitrogens is 2. The Morgan fingerprint density at radius 1 is 1.30 bits per heavy atom. The number of pyridine rings is 2.